The fraction of sp³-hybridized carbons (Fsp3) is 0.714. The lowest BCUT2D eigenvalue weighted by molar-refractivity contribution is -0.496. The monoisotopic (exact) mass is 348 g/mol. The Morgan fingerprint density at radius 3 is 1.79 bits per heavy atom. The molecule has 0 aliphatic carbocycles. The summed E-state index contributed by atoms with van der Waals surface area (Å²) in [7, 11) is 0. The van der Waals surface area contributed by atoms with Crippen LogP contribution in [0, 0.1) is 0 Å². The highest BCUT2D eigenvalue weighted by molar-refractivity contribution is 5.68. The van der Waals surface area contributed by atoms with E-state index in [9.17, 15) is 19.2 Å². The molecule has 0 radical (unpaired) electrons. The zero-order valence-electron chi connectivity index (χ0n) is 14.0. The molecule has 136 valence electrons. The van der Waals surface area contributed by atoms with E-state index in [1.807, 2.05) is 0 Å². The summed E-state index contributed by atoms with van der Waals surface area (Å²) in [5.41, 5.74) is 3.78. The molecule has 1 rings (SSSR count). The number of esters is 4. The van der Waals surface area contributed by atoms with E-state index in [4.69, 9.17) is 23.7 Å². The second kappa shape index (κ2) is 8.60. The fourth-order valence-electron chi connectivity index (χ4n) is 2.25. The summed E-state index contributed by atoms with van der Waals surface area (Å²) in [6.07, 6.45) is -4.26. The van der Waals surface area contributed by atoms with Gasteiger partial charge in [-0.1, -0.05) is 0 Å². The largest absolute Gasteiger partial charge is 0.463 e. The number of ether oxygens (including phenoxy) is 5. The van der Waals surface area contributed by atoms with Crippen molar-refractivity contribution in [3.05, 3.63) is 0 Å². The molecule has 0 bridgehead atoms. The van der Waals surface area contributed by atoms with Gasteiger partial charge in [0.05, 0.1) is 0 Å². The SMILES string of the molecule is CC(=O)OC[C@H]1OC(OC(C)=O)[C@H]([NH3+])[C@@H](OC(C)=O)[C@@H]1OC(C)=O. The lowest BCUT2D eigenvalue weighted by Crippen LogP contribution is -2.79. The Labute approximate surface area is 138 Å². The third-order valence-corrected chi connectivity index (χ3v) is 3.11. The second-order valence-corrected chi connectivity index (χ2v) is 5.27. The molecular formula is C14H22NO9+. The minimum Gasteiger partial charge on any atom is -0.463 e. The van der Waals surface area contributed by atoms with Gasteiger partial charge in [-0.2, -0.15) is 0 Å². The molecule has 0 saturated carbocycles. The summed E-state index contributed by atoms with van der Waals surface area (Å²) >= 11 is 0. The van der Waals surface area contributed by atoms with Gasteiger partial charge in [0.15, 0.2) is 18.2 Å². The summed E-state index contributed by atoms with van der Waals surface area (Å²) in [4.78, 5) is 45.0. The molecule has 0 aromatic rings. The van der Waals surface area contributed by atoms with Gasteiger partial charge in [-0.15, -0.1) is 0 Å². The fourth-order valence-corrected chi connectivity index (χ4v) is 2.25. The molecular weight excluding hydrogens is 326 g/mol. The molecule has 1 aliphatic heterocycles. The van der Waals surface area contributed by atoms with E-state index >= 15 is 0 Å². The Hall–Kier alpha value is -2.20. The molecule has 5 atom stereocenters. The summed E-state index contributed by atoms with van der Waals surface area (Å²) in [5, 5.41) is 0. The van der Waals surface area contributed by atoms with Crippen LogP contribution in [0.5, 0.6) is 0 Å². The third kappa shape index (κ3) is 5.78. The molecule has 0 spiro atoms. The van der Waals surface area contributed by atoms with Gasteiger partial charge in [0.1, 0.15) is 12.7 Å². The quantitative estimate of drug-likeness (QED) is 0.455. The zero-order valence-corrected chi connectivity index (χ0v) is 14.0. The van der Waals surface area contributed by atoms with Gasteiger partial charge in [0.2, 0.25) is 0 Å². The number of hydrogen-bond acceptors (Lipinski definition) is 9. The lowest BCUT2D eigenvalue weighted by atomic mass is 9.97. The molecule has 0 amide bonds. The first-order valence-electron chi connectivity index (χ1n) is 7.25. The van der Waals surface area contributed by atoms with E-state index in [1.165, 1.54) is 27.7 Å². The van der Waals surface area contributed by atoms with Crippen molar-refractivity contribution in [2.45, 2.75) is 58.3 Å². The topological polar surface area (TPSA) is 142 Å². The standard InChI is InChI=1S/C14H21NO9/c1-6(16)20-5-10-12(21-7(2)17)13(22-8(3)18)11(15)14(24-10)23-9(4)19/h10-14H,5,15H2,1-4H3/p+1/t10-,11-,12-,13-,14?/m1/s1. The van der Waals surface area contributed by atoms with Crippen molar-refractivity contribution in [2.24, 2.45) is 0 Å². The van der Waals surface area contributed by atoms with Crippen LogP contribution in [-0.2, 0) is 42.9 Å². The van der Waals surface area contributed by atoms with Crippen molar-refractivity contribution in [1.29, 1.82) is 0 Å². The molecule has 1 heterocycles. The number of quaternary nitrogens is 1. The van der Waals surface area contributed by atoms with E-state index in [2.05, 4.69) is 5.73 Å². The van der Waals surface area contributed by atoms with Crippen LogP contribution in [0.25, 0.3) is 0 Å². The average molecular weight is 348 g/mol. The predicted octanol–water partition coefficient (Wildman–Crippen LogP) is -1.69. The van der Waals surface area contributed by atoms with Gasteiger partial charge >= 0.3 is 23.9 Å². The van der Waals surface area contributed by atoms with Gasteiger partial charge in [-0.25, -0.2) is 0 Å². The van der Waals surface area contributed by atoms with Crippen molar-refractivity contribution in [2.75, 3.05) is 6.61 Å². The van der Waals surface area contributed by atoms with Crippen LogP contribution in [0.1, 0.15) is 27.7 Å². The predicted molar refractivity (Wildman–Crippen MR) is 74.8 cm³/mol. The maximum atomic E-state index is 11.4. The third-order valence-electron chi connectivity index (χ3n) is 3.11. The van der Waals surface area contributed by atoms with Gasteiger partial charge < -0.3 is 29.4 Å². The molecule has 3 N–H and O–H groups in total. The van der Waals surface area contributed by atoms with Crippen molar-refractivity contribution in [3.63, 3.8) is 0 Å². The summed E-state index contributed by atoms with van der Waals surface area (Å²) in [6, 6.07) is -0.851. The van der Waals surface area contributed by atoms with E-state index in [-0.39, 0.29) is 6.61 Å². The first-order chi connectivity index (χ1) is 11.1. The highest BCUT2D eigenvalue weighted by Gasteiger charge is 2.52. The summed E-state index contributed by atoms with van der Waals surface area (Å²) in [5.74, 6) is -2.50. The van der Waals surface area contributed by atoms with E-state index in [0.717, 1.165) is 0 Å². The highest BCUT2D eigenvalue weighted by atomic mass is 16.7. The minimum absolute atomic E-state index is 0.282. The van der Waals surface area contributed by atoms with E-state index in [1.54, 1.807) is 0 Å². The van der Waals surface area contributed by atoms with Crippen LogP contribution in [-0.4, -0.2) is 61.1 Å². The molecule has 1 saturated heterocycles. The zero-order chi connectivity index (χ0) is 18.4. The Balaban J connectivity index is 3.08. The second-order valence-electron chi connectivity index (χ2n) is 5.27. The van der Waals surface area contributed by atoms with E-state index in [0.29, 0.717) is 0 Å². The maximum absolute atomic E-state index is 11.4. The van der Waals surface area contributed by atoms with Gasteiger partial charge in [-0.05, 0) is 0 Å². The molecule has 1 unspecified atom stereocenters. The molecule has 10 heteroatoms. The number of hydrogen-bond donors (Lipinski definition) is 1. The number of carbonyl (C=O) groups is 4. The molecule has 1 aliphatic rings. The Bertz CT molecular complexity index is 490. The van der Waals surface area contributed by atoms with Crippen molar-refractivity contribution in [1.82, 2.24) is 0 Å². The summed E-state index contributed by atoms with van der Waals surface area (Å²) in [6.45, 7) is 4.44. The van der Waals surface area contributed by atoms with Gasteiger partial charge in [0, 0.05) is 27.7 Å². The van der Waals surface area contributed by atoms with Crippen LogP contribution < -0.4 is 5.73 Å². The normalized spacial score (nSPS) is 29.3. The first kappa shape index (κ1) is 19.8. The molecule has 0 aromatic heterocycles. The maximum Gasteiger partial charge on any atom is 0.305 e. The number of carbonyl (C=O) groups excluding carboxylic acids is 4. The Morgan fingerprint density at radius 2 is 1.33 bits per heavy atom. The molecule has 1 fully saturated rings. The van der Waals surface area contributed by atoms with Crippen LogP contribution in [0.3, 0.4) is 0 Å². The van der Waals surface area contributed by atoms with E-state index < -0.39 is 54.5 Å². The minimum atomic E-state index is -1.15. The number of rotatable bonds is 5. The molecule has 10 nitrogen and oxygen atoms in total. The smallest absolute Gasteiger partial charge is 0.305 e. The van der Waals surface area contributed by atoms with Crippen molar-refractivity contribution in [3.8, 4) is 0 Å². The average Bonchev–Trinajstić information content (AvgIpc) is 2.42. The van der Waals surface area contributed by atoms with Gasteiger partial charge in [-0.3, -0.25) is 19.2 Å². The molecule has 0 aromatic carbocycles. The molecule has 24 heavy (non-hydrogen) atoms. The summed E-state index contributed by atoms with van der Waals surface area (Å²) < 4.78 is 25.8. The van der Waals surface area contributed by atoms with Crippen LogP contribution >= 0.6 is 0 Å². The van der Waals surface area contributed by atoms with Crippen molar-refractivity contribution >= 4 is 23.9 Å². The van der Waals surface area contributed by atoms with Gasteiger partial charge in [0.25, 0.3) is 6.29 Å². The highest BCUT2D eigenvalue weighted by Crippen LogP contribution is 2.25. The van der Waals surface area contributed by atoms with Crippen LogP contribution in [0.15, 0.2) is 0 Å². The Kier molecular flexibility index (Phi) is 7.11. The lowest BCUT2D eigenvalue weighted by Gasteiger charge is -2.41. The van der Waals surface area contributed by atoms with Crippen molar-refractivity contribution < 1.29 is 48.6 Å². The van der Waals surface area contributed by atoms with Crippen LogP contribution in [0.4, 0.5) is 0 Å². The first-order valence-corrected chi connectivity index (χ1v) is 7.25. The Morgan fingerprint density at radius 1 is 0.833 bits per heavy atom. The van der Waals surface area contributed by atoms with Crippen LogP contribution in [0.2, 0.25) is 0 Å².